The summed E-state index contributed by atoms with van der Waals surface area (Å²) in [6, 6.07) is 7.26. The first-order valence-electron chi connectivity index (χ1n) is 9.02. The Balaban J connectivity index is 1.82. The fourth-order valence-corrected chi connectivity index (χ4v) is 3.72. The summed E-state index contributed by atoms with van der Waals surface area (Å²) in [5.41, 5.74) is 1.65. The number of fused-ring (bicyclic) bond motifs is 3. The van der Waals surface area contributed by atoms with Gasteiger partial charge in [0.05, 0.1) is 11.4 Å². The minimum atomic E-state index is -0.402. The average Bonchev–Trinajstić information content (AvgIpc) is 2.98. The monoisotopic (exact) mass is 372 g/mol. The number of amides is 2. The van der Waals surface area contributed by atoms with Crippen LogP contribution >= 0.6 is 11.8 Å². The van der Waals surface area contributed by atoms with Crippen LogP contribution < -0.4 is 5.32 Å². The number of aliphatic imine (C=N–C) groups is 2. The Morgan fingerprint density at radius 1 is 1.35 bits per heavy atom. The molecule has 2 aliphatic rings. The molecule has 1 N–H and O–H groups in total. The molecule has 26 heavy (non-hydrogen) atoms. The number of nitrogens with zero attached hydrogens (tertiary/aromatic N) is 3. The van der Waals surface area contributed by atoms with Crippen LogP contribution in [0.3, 0.4) is 0 Å². The van der Waals surface area contributed by atoms with Gasteiger partial charge in [0.25, 0.3) is 5.91 Å². The molecule has 3 rings (SSSR count). The summed E-state index contributed by atoms with van der Waals surface area (Å²) in [5, 5.41) is 3.42. The van der Waals surface area contributed by atoms with Crippen molar-refractivity contribution in [3.05, 3.63) is 29.8 Å². The minimum absolute atomic E-state index is 0.0458. The first-order chi connectivity index (χ1) is 12.5. The molecule has 0 aromatic heterocycles. The summed E-state index contributed by atoms with van der Waals surface area (Å²) in [6.07, 6.45) is 2.00. The van der Waals surface area contributed by atoms with Crippen molar-refractivity contribution in [1.82, 2.24) is 10.2 Å². The quantitative estimate of drug-likeness (QED) is 0.780. The Hall–Kier alpha value is -2.15. The van der Waals surface area contributed by atoms with E-state index in [0.29, 0.717) is 17.5 Å². The Bertz CT molecular complexity index is 773. The third-order valence-electron chi connectivity index (χ3n) is 4.32. The van der Waals surface area contributed by atoms with Crippen molar-refractivity contribution < 1.29 is 9.59 Å². The second kappa shape index (κ2) is 8.03. The number of nitrogens with one attached hydrogen (secondary N) is 1. The molecule has 0 saturated heterocycles. The molecule has 0 bridgehead atoms. The fraction of sp³-hybridized carbons (Fsp3) is 0.474. The first kappa shape index (κ1) is 18.6. The number of hydrogen-bond acceptors (Lipinski definition) is 5. The molecule has 0 saturated carbocycles. The highest BCUT2D eigenvalue weighted by Gasteiger charge is 2.42. The van der Waals surface area contributed by atoms with E-state index in [2.05, 4.69) is 22.2 Å². The van der Waals surface area contributed by atoms with Gasteiger partial charge < -0.3 is 5.32 Å². The lowest BCUT2D eigenvalue weighted by molar-refractivity contribution is -0.125. The molecule has 1 aromatic carbocycles. The minimum Gasteiger partial charge on any atom is -0.355 e. The topological polar surface area (TPSA) is 74.1 Å². The molecule has 0 radical (unpaired) electrons. The van der Waals surface area contributed by atoms with Crippen LogP contribution in [0.4, 0.5) is 5.69 Å². The number of para-hydroxylation sites is 1. The largest absolute Gasteiger partial charge is 0.355 e. The predicted octanol–water partition coefficient (Wildman–Crippen LogP) is 2.95. The zero-order valence-corrected chi connectivity index (χ0v) is 16.2. The van der Waals surface area contributed by atoms with E-state index in [-0.39, 0.29) is 23.5 Å². The van der Waals surface area contributed by atoms with Crippen molar-refractivity contribution in [3.8, 4) is 0 Å². The van der Waals surface area contributed by atoms with E-state index in [4.69, 9.17) is 0 Å². The number of benzene rings is 1. The number of amidine groups is 2. The number of thioether (sulfide) groups is 1. The van der Waals surface area contributed by atoms with Gasteiger partial charge in [0.1, 0.15) is 11.9 Å². The molecular formula is C19H24N4O2S. The number of rotatable bonds is 6. The zero-order valence-electron chi connectivity index (χ0n) is 15.4. The molecular weight excluding hydrogens is 348 g/mol. The Labute approximate surface area is 158 Å². The summed E-state index contributed by atoms with van der Waals surface area (Å²) >= 11 is 1.28. The van der Waals surface area contributed by atoms with Gasteiger partial charge in [-0.2, -0.15) is 0 Å². The second-order valence-corrected chi connectivity index (χ2v) is 7.66. The Morgan fingerprint density at radius 3 is 2.85 bits per heavy atom. The van der Waals surface area contributed by atoms with Gasteiger partial charge in [-0.3, -0.25) is 14.6 Å². The van der Waals surface area contributed by atoms with Crippen molar-refractivity contribution in [2.24, 2.45) is 15.9 Å². The smallest absolute Gasteiger partial charge is 0.259 e. The van der Waals surface area contributed by atoms with Crippen molar-refractivity contribution in [2.45, 2.75) is 39.7 Å². The van der Waals surface area contributed by atoms with Crippen molar-refractivity contribution in [1.29, 1.82) is 0 Å². The van der Waals surface area contributed by atoms with Crippen molar-refractivity contribution in [2.75, 3.05) is 12.3 Å². The SMILES string of the molecule is CCCCNC(=O)CSC1=Nc2ccccc2C2=NC(C(C)C)C(=O)N12. The third kappa shape index (κ3) is 3.67. The molecule has 0 spiro atoms. The van der Waals surface area contributed by atoms with E-state index >= 15 is 0 Å². The first-order valence-corrected chi connectivity index (χ1v) is 10.0. The van der Waals surface area contributed by atoms with Crippen LogP contribution in [0.5, 0.6) is 0 Å². The Kier molecular flexibility index (Phi) is 5.76. The number of carbonyl (C=O) groups is 2. The molecule has 7 heteroatoms. The highest BCUT2D eigenvalue weighted by atomic mass is 32.2. The molecule has 1 unspecified atom stereocenters. The van der Waals surface area contributed by atoms with E-state index in [1.165, 1.54) is 11.8 Å². The second-order valence-electron chi connectivity index (χ2n) is 6.72. The maximum atomic E-state index is 12.9. The van der Waals surface area contributed by atoms with E-state index < -0.39 is 6.04 Å². The standard InChI is InChI=1S/C19H24N4O2S/c1-4-5-10-20-15(24)11-26-19-21-14-9-7-6-8-13(14)17-22-16(12(2)3)18(25)23(17)19/h6-9,12,16H,4-5,10-11H2,1-3H3,(H,20,24). The molecule has 138 valence electrons. The van der Waals surface area contributed by atoms with Gasteiger partial charge >= 0.3 is 0 Å². The number of hydrogen-bond donors (Lipinski definition) is 1. The molecule has 1 atom stereocenters. The number of unbranched alkanes of at least 4 members (excludes halogenated alkanes) is 1. The highest BCUT2D eigenvalue weighted by Crippen LogP contribution is 2.34. The predicted molar refractivity (Wildman–Crippen MR) is 106 cm³/mol. The Morgan fingerprint density at radius 2 is 2.12 bits per heavy atom. The van der Waals surface area contributed by atoms with Crippen molar-refractivity contribution in [3.63, 3.8) is 0 Å². The maximum absolute atomic E-state index is 12.9. The molecule has 0 fully saturated rings. The van der Waals surface area contributed by atoms with E-state index in [1.807, 2.05) is 38.1 Å². The summed E-state index contributed by atoms with van der Waals surface area (Å²) in [6.45, 7) is 6.74. The molecule has 1 aromatic rings. The van der Waals surface area contributed by atoms with Crippen LogP contribution in [0.1, 0.15) is 39.2 Å². The molecule has 6 nitrogen and oxygen atoms in total. The van der Waals surface area contributed by atoms with Crippen LogP contribution in [0, 0.1) is 5.92 Å². The average molecular weight is 372 g/mol. The summed E-state index contributed by atoms with van der Waals surface area (Å²) in [4.78, 5) is 35.8. The van der Waals surface area contributed by atoms with Crippen LogP contribution in [-0.4, -0.2) is 46.1 Å². The summed E-state index contributed by atoms with van der Waals surface area (Å²) in [5.74, 6) is 0.871. The van der Waals surface area contributed by atoms with Gasteiger partial charge in [-0.05, 0) is 24.5 Å². The lowest BCUT2D eigenvalue weighted by atomic mass is 10.1. The summed E-state index contributed by atoms with van der Waals surface area (Å²) in [7, 11) is 0. The maximum Gasteiger partial charge on any atom is 0.259 e. The molecule has 2 heterocycles. The molecule has 2 aliphatic heterocycles. The lowest BCUT2D eigenvalue weighted by Crippen LogP contribution is -2.42. The normalized spacial score (nSPS) is 18.4. The van der Waals surface area contributed by atoms with Gasteiger partial charge in [0.15, 0.2) is 5.17 Å². The summed E-state index contributed by atoms with van der Waals surface area (Å²) < 4.78 is 0. The third-order valence-corrected chi connectivity index (χ3v) is 5.25. The van der Waals surface area contributed by atoms with E-state index in [0.717, 1.165) is 24.1 Å². The van der Waals surface area contributed by atoms with Gasteiger partial charge in [-0.1, -0.05) is 51.1 Å². The van der Waals surface area contributed by atoms with Gasteiger partial charge in [0.2, 0.25) is 5.91 Å². The highest BCUT2D eigenvalue weighted by molar-refractivity contribution is 8.14. The molecule has 2 amide bonds. The van der Waals surface area contributed by atoms with Crippen LogP contribution in [-0.2, 0) is 9.59 Å². The fourth-order valence-electron chi connectivity index (χ4n) is 2.89. The van der Waals surface area contributed by atoms with Crippen LogP contribution in [0.15, 0.2) is 34.3 Å². The van der Waals surface area contributed by atoms with Crippen LogP contribution in [0.25, 0.3) is 0 Å². The van der Waals surface area contributed by atoms with Gasteiger partial charge in [-0.15, -0.1) is 0 Å². The van der Waals surface area contributed by atoms with Gasteiger partial charge in [0, 0.05) is 12.1 Å². The van der Waals surface area contributed by atoms with Crippen molar-refractivity contribution >= 4 is 40.3 Å². The zero-order chi connectivity index (χ0) is 18.7. The molecule has 0 aliphatic carbocycles. The number of carbonyl (C=O) groups excluding carboxylic acids is 2. The lowest BCUT2D eigenvalue weighted by Gasteiger charge is -2.25. The van der Waals surface area contributed by atoms with E-state index in [9.17, 15) is 9.59 Å². The van der Waals surface area contributed by atoms with E-state index in [1.54, 1.807) is 4.90 Å². The van der Waals surface area contributed by atoms with Crippen LogP contribution in [0.2, 0.25) is 0 Å². The van der Waals surface area contributed by atoms with Gasteiger partial charge in [-0.25, -0.2) is 9.89 Å².